The largest absolute Gasteiger partial charge is 0.378 e. The van der Waals surface area contributed by atoms with Gasteiger partial charge in [0.1, 0.15) is 0 Å². The van der Waals surface area contributed by atoms with Crippen molar-refractivity contribution in [1.82, 2.24) is 0 Å². The van der Waals surface area contributed by atoms with Gasteiger partial charge in [0.15, 0.2) is 0 Å². The Bertz CT molecular complexity index is 498. The van der Waals surface area contributed by atoms with Gasteiger partial charge in [-0.3, -0.25) is 0 Å². The molecule has 0 spiro atoms. The average molecular weight is 310 g/mol. The fourth-order valence-corrected chi connectivity index (χ4v) is 3.51. The van der Waals surface area contributed by atoms with Crippen molar-refractivity contribution in [1.29, 1.82) is 0 Å². The van der Waals surface area contributed by atoms with Gasteiger partial charge in [0.25, 0.3) is 0 Å². The lowest BCUT2D eigenvalue weighted by atomic mass is 10.1. The van der Waals surface area contributed by atoms with Crippen LogP contribution < -0.4 is 5.32 Å². The number of nitrogens with one attached hydrogen (secondary N) is 1. The first kappa shape index (κ1) is 12.7. The molecule has 1 atom stereocenters. The number of aryl methyl sites for hydroxylation is 2. The number of rotatable bonds is 3. The Morgan fingerprint density at radius 1 is 1.24 bits per heavy atom. The molecule has 0 saturated heterocycles. The molecular weight excluding hydrogens is 294 g/mol. The van der Waals surface area contributed by atoms with Gasteiger partial charge in [0, 0.05) is 15.0 Å². The number of halogens is 1. The van der Waals surface area contributed by atoms with E-state index in [9.17, 15) is 0 Å². The lowest BCUT2D eigenvalue weighted by molar-refractivity contribution is 0.898. The zero-order valence-electron chi connectivity index (χ0n) is 10.3. The number of anilines is 1. The molecule has 0 bridgehead atoms. The van der Waals surface area contributed by atoms with Crippen LogP contribution in [0.4, 0.5) is 5.69 Å². The van der Waals surface area contributed by atoms with Crippen LogP contribution in [0.25, 0.3) is 0 Å². The Hall–Kier alpha value is -0.800. The van der Waals surface area contributed by atoms with E-state index in [1.54, 1.807) is 0 Å². The Balaban J connectivity index is 2.18. The van der Waals surface area contributed by atoms with E-state index in [-0.39, 0.29) is 0 Å². The van der Waals surface area contributed by atoms with E-state index >= 15 is 0 Å². The molecule has 1 aromatic carbocycles. The fourth-order valence-electron chi connectivity index (χ4n) is 1.96. The molecule has 0 aliphatic rings. The van der Waals surface area contributed by atoms with Crippen LogP contribution in [-0.2, 0) is 0 Å². The molecule has 1 aromatic heterocycles. The first-order valence-electron chi connectivity index (χ1n) is 5.64. The van der Waals surface area contributed by atoms with Crippen LogP contribution in [0.1, 0.15) is 29.0 Å². The molecular formula is C14H16BrNS. The molecule has 0 aliphatic carbocycles. The average Bonchev–Trinajstić information content (AvgIpc) is 2.62. The number of benzene rings is 1. The normalized spacial score (nSPS) is 12.5. The summed E-state index contributed by atoms with van der Waals surface area (Å²) in [5, 5.41) is 5.70. The minimum Gasteiger partial charge on any atom is -0.378 e. The van der Waals surface area contributed by atoms with Crippen LogP contribution in [0, 0.1) is 13.8 Å². The van der Waals surface area contributed by atoms with Crippen LogP contribution in [0.5, 0.6) is 0 Å². The van der Waals surface area contributed by atoms with Gasteiger partial charge in [0.2, 0.25) is 0 Å². The second-order valence-electron chi connectivity index (χ2n) is 4.35. The summed E-state index contributed by atoms with van der Waals surface area (Å²) < 4.78 is 1.12. The molecule has 90 valence electrons. The van der Waals surface area contributed by atoms with Crippen molar-refractivity contribution in [3.8, 4) is 0 Å². The van der Waals surface area contributed by atoms with E-state index in [4.69, 9.17) is 0 Å². The summed E-state index contributed by atoms with van der Waals surface area (Å²) in [6.45, 7) is 6.47. The molecule has 0 saturated carbocycles. The van der Waals surface area contributed by atoms with Crippen LogP contribution in [-0.4, -0.2) is 0 Å². The molecule has 3 heteroatoms. The summed E-state index contributed by atoms with van der Waals surface area (Å²) in [4.78, 5) is 1.41. The Morgan fingerprint density at radius 2 is 2.00 bits per heavy atom. The number of thiophene rings is 1. The topological polar surface area (TPSA) is 12.0 Å². The summed E-state index contributed by atoms with van der Waals surface area (Å²) >= 11 is 5.34. The van der Waals surface area contributed by atoms with Crippen LogP contribution in [0.2, 0.25) is 0 Å². The molecule has 0 fully saturated rings. The zero-order valence-corrected chi connectivity index (χ0v) is 12.7. The molecule has 2 aromatic rings. The summed E-state index contributed by atoms with van der Waals surface area (Å²) in [7, 11) is 0. The minimum atomic E-state index is 0.351. The summed E-state index contributed by atoms with van der Waals surface area (Å²) in [6, 6.07) is 8.93. The summed E-state index contributed by atoms with van der Waals surface area (Å²) in [5.74, 6) is 0. The van der Waals surface area contributed by atoms with Crippen molar-refractivity contribution in [3.05, 3.63) is 50.1 Å². The lowest BCUT2D eigenvalue weighted by Gasteiger charge is -2.15. The highest BCUT2D eigenvalue weighted by molar-refractivity contribution is 9.10. The molecule has 1 unspecified atom stereocenters. The van der Waals surface area contributed by atoms with E-state index in [2.05, 4.69) is 71.7 Å². The van der Waals surface area contributed by atoms with E-state index in [1.165, 1.54) is 16.0 Å². The van der Waals surface area contributed by atoms with Gasteiger partial charge >= 0.3 is 0 Å². The van der Waals surface area contributed by atoms with Crippen molar-refractivity contribution in [2.45, 2.75) is 26.8 Å². The second kappa shape index (κ2) is 5.23. The van der Waals surface area contributed by atoms with Crippen molar-refractivity contribution >= 4 is 33.0 Å². The molecule has 1 N–H and O–H groups in total. The van der Waals surface area contributed by atoms with Gasteiger partial charge in [-0.1, -0.05) is 15.9 Å². The predicted molar refractivity (Wildman–Crippen MR) is 80.0 cm³/mol. The standard InChI is InChI=1S/C14H16BrNS/c1-9-6-12(15)8-13(7-9)16-11(3)14-10(2)4-5-17-14/h4-8,11,16H,1-3H3. The van der Waals surface area contributed by atoms with Crippen molar-refractivity contribution < 1.29 is 0 Å². The quantitative estimate of drug-likeness (QED) is 0.811. The third-order valence-corrected chi connectivity index (χ3v) is 4.38. The van der Waals surface area contributed by atoms with Gasteiger partial charge in [-0.05, 0) is 61.5 Å². The van der Waals surface area contributed by atoms with Gasteiger partial charge in [0.05, 0.1) is 6.04 Å². The van der Waals surface area contributed by atoms with E-state index in [0.717, 1.165) is 10.2 Å². The van der Waals surface area contributed by atoms with E-state index in [0.29, 0.717) is 6.04 Å². The van der Waals surface area contributed by atoms with Crippen molar-refractivity contribution in [2.75, 3.05) is 5.32 Å². The molecule has 1 nitrogen and oxygen atoms in total. The van der Waals surface area contributed by atoms with Gasteiger partial charge in [-0.15, -0.1) is 11.3 Å². The summed E-state index contributed by atoms with van der Waals surface area (Å²) in [6.07, 6.45) is 0. The SMILES string of the molecule is Cc1cc(Br)cc(NC(C)c2sccc2C)c1. The molecule has 2 rings (SSSR count). The Morgan fingerprint density at radius 3 is 2.59 bits per heavy atom. The van der Waals surface area contributed by atoms with Crippen LogP contribution in [0.15, 0.2) is 34.1 Å². The van der Waals surface area contributed by atoms with Gasteiger partial charge in [-0.25, -0.2) is 0 Å². The maximum atomic E-state index is 3.55. The monoisotopic (exact) mass is 309 g/mol. The zero-order chi connectivity index (χ0) is 12.4. The third-order valence-electron chi connectivity index (χ3n) is 2.72. The number of hydrogen-bond donors (Lipinski definition) is 1. The lowest BCUT2D eigenvalue weighted by Crippen LogP contribution is -2.06. The first-order chi connectivity index (χ1) is 8.06. The Kier molecular flexibility index (Phi) is 3.89. The highest BCUT2D eigenvalue weighted by Crippen LogP contribution is 2.28. The van der Waals surface area contributed by atoms with E-state index < -0.39 is 0 Å². The Labute approximate surface area is 115 Å². The maximum absolute atomic E-state index is 3.55. The highest BCUT2D eigenvalue weighted by atomic mass is 79.9. The maximum Gasteiger partial charge on any atom is 0.0581 e. The number of hydrogen-bond acceptors (Lipinski definition) is 2. The smallest absolute Gasteiger partial charge is 0.0581 e. The van der Waals surface area contributed by atoms with Crippen LogP contribution >= 0.6 is 27.3 Å². The second-order valence-corrected chi connectivity index (χ2v) is 6.21. The first-order valence-corrected chi connectivity index (χ1v) is 7.31. The van der Waals surface area contributed by atoms with Gasteiger partial charge in [-0.2, -0.15) is 0 Å². The molecule has 0 radical (unpaired) electrons. The summed E-state index contributed by atoms with van der Waals surface area (Å²) in [5.41, 5.74) is 3.79. The van der Waals surface area contributed by atoms with Crippen molar-refractivity contribution in [2.24, 2.45) is 0 Å². The third kappa shape index (κ3) is 3.11. The predicted octanol–water partition coefficient (Wildman–Crippen LogP) is 5.30. The van der Waals surface area contributed by atoms with Crippen molar-refractivity contribution in [3.63, 3.8) is 0 Å². The van der Waals surface area contributed by atoms with Crippen LogP contribution in [0.3, 0.4) is 0 Å². The highest BCUT2D eigenvalue weighted by Gasteiger charge is 2.09. The van der Waals surface area contributed by atoms with E-state index in [1.807, 2.05) is 11.3 Å². The molecule has 17 heavy (non-hydrogen) atoms. The fraction of sp³-hybridized carbons (Fsp3) is 0.286. The minimum absolute atomic E-state index is 0.351. The molecule has 0 aliphatic heterocycles. The molecule has 1 heterocycles. The molecule has 0 amide bonds. The van der Waals surface area contributed by atoms with Gasteiger partial charge < -0.3 is 5.32 Å².